The quantitative estimate of drug-likeness (QED) is 0.455. The SMILES string of the molecule is CCc1nc2sc(C)c(C(=O)OCc3ccc(-c4ccccc4C#N)cc3)c2[nH]1. The molecule has 2 heterocycles. The summed E-state index contributed by atoms with van der Waals surface area (Å²) in [6.07, 6.45) is 0.788. The van der Waals surface area contributed by atoms with Gasteiger partial charge in [-0.3, -0.25) is 0 Å². The van der Waals surface area contributed by atoms with E-state index in [9.17, 15) is 10.1 Å². The highest BCUT2D eigenvalue weighted by Crippen LogP contribution is 2.30. The van der Waals surface area contributed by atoms with E-state index in [4.69, 9.17) is 4.74 Å². The molecule has 5 nitrogen and oxygen atoms in total. The molecule has 2 aromatic carbocycles. The van der Waals surface area contributed by atoms with Gasteiger partial charge in [-0.1, -0.05) is 49.4 Å². The minimum Gasteiger partial charge on any atom is -0.457 e. The summed E-state index contributed by atoms with van der Waals surface area (Å²) >= 11 is 1.50. The third kappa shape index (κ3) is 3.65. The minimum absolute atomic E-state index is 0.185. The number of aromatic amines is 1. The van der Waals surface area contributed by atoms with Gasteiger partial charge >= 0.3 is 5.97 Å². The van der Waals surface area contributed by atoms with Crippen LogP contribution in [0, 0.1) is 18.3 Å². The largest absolute Gasteiger partial charge is 0.457 e. The Morgan fingerprint density at radius 2 is 1.97 bits per heavy atom. The maximum atomic E-state index is 12.7. The number of esters is 1. The molecule has 0 atom stereocenters. The highest BCUT2D eigenvalue weighted by atomic mass is 32.1. The van der Waals surface area contributed by atoms with Crippen LogP contribution in [-0.2, 0) is 17.8 Å². The van der Waals surface area contributed by atoms with Crippen molar-refractivity contribution in [1.29, 1.82) is 5.26 Å². The van der Waals surface area contributed by atoms with E-state index in [0.717, 1.165) is 44.2 Å². The number of nitrogens with one attached hydrogen (secondary N) is 1. The molecule has 144 valence electrons. The van der Waals surface area contributed by atoms with Crippen LogP contribution in [0.5, 0.6) is 0 Å². The zero-order valence-corrected chi connectivity index (χ0v) is 17.0. The van der Waals surface area contributed by atoms with Gasteiger partial charge in [-0.2, -0.15) is 5.26 Å². The molecular formula is C23H19N3O2S. The van der Waals surface area contributed by atoms with Crippen LogP contribution >= 0.6 is 11.3 Å². The molecule has 0 amide bonds. The number of nitrogens with zero attached hydrogens (tertiary/aromatic N) is 2. The first-order valence-corrected chi connectivity index (χ1v) is 10.2. The van der Waals surface area contributed by atoms with Gasteiger partial charge in [0.2, 0.25) is 0 Å². The first kappa shape index (κ1) is 18.9. The zero-order valence-electron chi connectivity index (χ0n) is 16.2. The number of fused-ring (bicyclic) bond motifs is 1. The minimum atomic E-state index is -0.348. The summed E-state index contributed by atoms with van der Waals surface area (Å²) < 4.78 is 5.56. The second-order valence-electron chi connectivity index (χ2n) is 6.68. The highest BCUT2D eigenvalue weighted by molar-refractivity contribution is 7.19. The number of hydrogen-bond acceptors (Lipinski definition) is 5. The number of H-pyrrole nitrogens is 1. The molecular weight excluding hydrogens is 382 g/mol. The lowest BCUT2D eigenvalue weighted by Crippen LogP contribution is -2.06. The summed E-state index contributed by atoms with van der Waals surface area (Å²) in [6, 6.07) is 17.4. The standard InChI is InChI=1S/C23H19N3O2S/c1-3-19-25-21-20(14(2)29-22(21)26-19)23(27)28-13-15-8-10-16(11-9-15)18-7-5-4-6-17(18)12-24/h4-11H,3,13H2,1-2H3,(H,25,26). The zero-order chi connectivity index (χ0) is 20.4. The van der Waals surface area contributed by atoms with E-state index in [1.54, 1.807) is 6.07 Å². The number of aryl methyl sites for hydroxylation is 2. The van der Waals surface area contributed by atoms with Gasteiger partial charge in [0.25, 0.3) is 0 Å². The van der Waals surface area contributed by atoms with E-state index >= 15 is 0 Å². The van der Waals surface area contributed by atoms with Crippen LogP contribution < -0.4 is 0 Å². The Hall–Kier alpha value is -3.43. The summed E-state index contributed by atoms with van der Waals surface area (Å²) in [4.78, 5) is 22.1. The second kappa shape index (κ2) is 7.90. The number of imidazole rings is 1. The Morgan fingerprint density at radius 1 is 1.21 bits per heavy atom. The monoisotopic (exact) mass is 401 g/mol. The van der Waals surface area contributed by atoms with E-state index < -0.39 is 0 Å². The fourth-order valence-corrected chi connectivity index (χ4v) is 4.26. The molecule has 0 aliphatic rings. The van der Waals surface area contributed by atoms with Crippen LogP contribution in [0.4, 0.5) is 0 Å². The van der Waals surface area contributed by atoms with Gasteiger partial charge in [0.05, 0.1) is 22.7 Å². The topological polar surface area (TPSA) is 78.8 Å². The number of aromatic nitrogens is 2. The summed E-state index contributed by atoms with van der Waals surface area (Å²) in [6.45, 7) is 4.11. The first-order valence-electron chi connectivity index (χ1n) is 9.34. The van der Waals surface area contributed by atoms with Gasteiger partial charge < -0.3 is 9.72 Å². The van der Waals surface area contributed by atoms with E-state index in [1.165, 1.54) is 11.3 Å². The molecule has 0 aliphatic heterocycles. The van der Waals surface area contributed by atoms with Crippen molar-refractivity contribution in [2.75, 3.05) is 0 Å². The maximum Gasteiger partial charge on any atom is 0.341 e. The Kier molecular flexibility index (Phi) is 5.15. The van der Waals surface area contributed by atoms with Gasteiger partial charge in [-0.05, 0) is 29.7 Å². The van der Waals surface area contributed by atoms with Crippen molar-refractivity contribution in [1.82, 2.24) is 9.97 Å². The molecule has 0 spiro atoms. The lowest BCUT2D eigenvalue weighted by molar-refractivity contribution is 0.0474. The molecule has 0 aliphatic carbocycles. The predicted octanol–water partition coefficient (Wildman–Crippen LogP) is 5.39. The number of carbonyl (C=O) groups is 1. The fourth-order valence-electron chi connectivity index (χ4n) is 3.27. The van der Waals surface area contributed by atoms with Crippen LogP contribution in [0.25, 0.3) is 21.5 Å². The van der Waals surface area contributed by atoms with Crippen LogP contribution in [0.3, 0.4) is 0 Å². The number of hydrogen-bond donors (Lipinski definition) is 1. The van der Waals surface area contributed by atoms with E-state index in [0.29, 0.717) is 11.1 Å². The average Bonchev–Trinajstić information content (AvgIpc) is 3.28. The number of benzene rings is 2. The Labute approximate surface area is 172 Å². The first-order chi connectivity index (χ1) is 14.1. The third-order valence-corrected chi connectivity index (χ3v) is 5.79. The molecule has 0 fully saturated rings. The molecule has 0 bridgehead atoms. The smallest absolute Gasteiger partial charge is 0.341 e. The molecule has 1 N–H and O–H groups in total. The summed E-state index contributed by atoms with van der Waals surface area (Å²) in [5.41, 5.74) is 4.70. The summed E-state index contributed by atoms with van der Waals surface area (Å²) in [5.74, 6) is 0.521. The van der Waals surface area contributed by atoms with Gasteiger partial charge in [-0.15, -0.1) is 11.3 Å². The van der Waals surface area contributed by atoms with Crippen molar-refractivity contribution in [3.8, 4) is 17.2 Å². The van der Waals surface area contributed by atoms with Crippen LogP contribution in [0.15, 0.2) is 48.5 Å². The molecule has 2 aromatic heterocycles. The van der Waals surface area contributed by atoms with Crippen molar-refractivity contribution < 1.29 is 9.53 Å². The van der Waals surface area contributed by atoms with Crippen molar-refractivity contribution >= 4 is 27.7 Å². The number of rotatable bonds is 5. The Morgan fingerprint density at radius 3 is 2.69 bits per heavy atom. The molecule has 29 heavy (non-hydrogen) atoms. The predicted molar refractivity (Wildman–Crippen MR) is 114 cm³/mol. The van der Waals surface area contributed by atoms with Crippen molar-refractivity contribution in [2.24, 2.45) is 0 Å². The lowest BCUT2D eigenvalue weighted by Gasteiger charge is -2.07. The molecule has 4 aromatic rings. The van der Waals surface area contributed by atoms with Crippen molar-refractivity contribution in [2.45, 2.75) is 26.9 Å². The highest BCUT2D eigenvalue weighted by Gasteiger charge is 2.21. The second-order valence-corrected chi connectivity index (χ2v) is 7.88. The van der Waals surface area contributed by atoms with Gasteiger partial charge in [0.1, 0.15) is 17.3 Å². The van der Waals surface area contributed by atoms with Gasteiger partial charge in [-0.25, -0.2) is 9.78 Å². The number of ether oxygens (including phenoxy) is 1. The van der Waals surface area contributed by atoms with Gasteiger partial charge in [0, 0.05) is 11.3 Å². The Bertz CT molecular complexity index is 1230. The van der Waals surface area contributed by atoms with E-state index in [2.05, 4.69) is 16.0 Å². The number of nitriles is 1. The maximum absolute atomic E-state index is 12.7. The molecule has 0 unspecified atom stereocenters. The molecule has 0 saturated carbocycles. The average molecular weight is 401 g/mol. The number of carbonyl (C=O) groups excluding carboxylic acids is 1. The normalized spacial score (nSPS) is 10.8. The van der Waals surface area contributed by atoms with Gasteiger partial charge in [0.15, 0.2) is 0 Å². The van der Waals surface area contributed by atoms with Crippen LogP contribution in [-0.4, -0.2) is 15.9 Å². The van der Waals surface area contributed by atoms with Crippen LogP contribution in [0.1, 0.15) is 39.1 Å². The summed E-state index contributed by atoms with van der Waals surface area (Å²) in [7, 11) is 0. The Balaban J connectivity index is 1.50. The molecule has 0 radical (unpaired) electrons. The molecule has 0 saturated heterocycles. The third-order valence-electron chi connectivity index (χ3n) is 4.79. The summed E-state index contributed by atoms with van der Waals surface area (Å²) in [5, 5.41) is 9.27. The van der Waals surface area contributed by atoms with Crippen molar-refractivity contribution in [3.63, 3.8) is 0 Å². The van der Waals surface area contributed by atoms with Crippen molar-refractivity contribution in [3.05, 3.63) is 75.9 Å². The van der Waals surface area contributed by atoms with Crippen LogP contribution in [0.2, 0.25) is 0 Å². The van der Waals surface area contributed by atoms with E-state index in [-0.39, 0.29) is 12.6 Å². The molecule has 6 heteroatoms. The lowest BCUT2D eigenvalue weighted by atomic mass is 9.99. The fraction of sp³-hybridized carbons (Fsp3) is 0.174. The molecule has 4 rings (SSSR count). The number of thiophene rings is 1. The van der Waals surface area contributed by atoms with E-state index in [1.807, 2.05) is 56.3 Å².